The highest BCUT2D eigenvalue weighted by molar-refractivity contribution is 5.94. The quantitative estimate of drug-likeness (QED) is 0.835. The SMILES string of the molecule is CCC1CCCC(NC(=O)c2ccc(N)cc2)C1.Cl. The molecule has 2 unspecified atom stereocenters. The van der Waals surface area contributed by atoms with Crippen molar-refractivity contribution in [3.63, 3.8) is 0 Å². The number of benzene rings is 1. The van der Waals surface area contributed by atoms with Gasteiger partial charge in [-0.25, -0.2) is 0 Å². The van der Waals surface area contributed by atoms with Gasteiger partial charge < -0.3 is 11.1 Å². The molecule has 3 N–H and O–H groups in total. The van der Waals surface area contributed by atoms with Gasteiger partial charge in [-0.1, -0.05) is 26.2 Å². The van der Waals surface area contributed by atoms with E-state index >= 15 is 0 Å². The Morgan fingerprint density at radius 3 is 2.63 bits per heavy atom. The van der Waals surface area contributed by atoms with Crippen molar-refractivity contribution in [1.29, 1.82) is 0 Å². The molecule has 0 aromatic heterocycles. The maximum Gasteiger partial charge on any atom is 0.251 e. The fraction of sp³-hybridized carbons (Fsp3) is 0.533. The molecule has 0 saturated heterocycles. The monoisotopic (exact) mass is 282 g/mol. The lowest BCUT2D eigenvalue weighted by Gasteiger charge is -2.29. The Morgan fingerprint density at radius 1 is 1.32 bits per heavy atom. The van der Waals surface area contributed by atoms with E-state index < -0.39 is 0 Å². The number of nitrogens with one attached hydrogen (secondary N) is 1. The van der Waals surface area contributed by atoms with Crippen LogP contribution in [0.15, 0.2) is 24.3 Å². The maximum atomic E-state index is 12.1. The van der Waals surface area contributed by atoms with Gasteiger partial charge in [0.05, 0.1) is 0 Å². The number of carbonyl (C=O) groups excluding carboxylic acids is 1. The average molecular weight is 283 g/mol. The van der Waals surface area contributed by atoms with Gasteiger partial charge in [-0.2, -0.15) is 0 Å². The highest BCUT2D eigenvalue weighted by Crippen LogP contribution is 2.26. The first-order chi connectivity index (χ1) is 8.69. The van der Waals surface area contributed by atoms with Crippen LogP contribution in [0.5, 0.6) is 0 Å². The van der Waals surface area contributed by atoms with Crippen LogP contribution in [0.25, 0.3) is 0 Å². The van der Waals surface area contributed by atoms with E-state index in [1.165, 1.54) is 19.3 Å². The van der Waals surface area contributed by atoms with E-state index in [1.54, 1.807) is 24.3 Å². The second-order valence-electron chi connectivity index (χ2n) is 5.23. The van der Waals surface area contributed by atoms with Gasteiger partial charge in [0.2, 0.25) is 0 Å². The van der Waals surface area contributed by atoms with E-state index in [2.05, 4.69) is 12.2 Å². The molecule has 3 nitrogen and oxygen atoms in total. The highest BCUT2D eigenvalue weighted by Gasteiger charge is 2.22. The van der Waals surface area contributed by atoms with Crippen molar-refractivity contribution in [3.8, 4) is 0 Å². The molecular weight excluding hydrogens is 260 g/mol. The molecule has 19 heavy (non-hydrogen) atoms. The second-order valence-corrected chi connectivity index (χ2v) is 5.23. The third-order valence-corrected chi connectivity index (χ3v) is 3.87. The summed E-state index contributed by atoms with van der Waals surface area (Å²) >= 11 is 0. The summed E-state index contributed by atoms with van der Waals surface area (Å²) in [7, 11) is 0. The van der Waals surface area contributed by atoms with E-state index in [9.17, 15) is 4.79 Å². The first kappa shape index (κ1) is 15.8. The molecule has 0 heterocycles. The molecule has 0 aliphatic heterocycles. The van der Waals surface area contributed by atoms with Gasteiger partial charge in [-0.3, -0.25) is 4.79 Å². The Bertz CT molecular complexity index is 405. The zero-order valence-electron chi connectivity index (χ0n) is 11.4. The Morgan fingerprint density at radius 2 is 2.00 bits per heavy atom. The Labute approximate surface area is 121 Å². The fourth-order valence-corrected chi connectivity index (χ4v) is 2.70. The zero-order valence-corrected chi connectivity index (χ0v) is 12.2. The van der Waals surface area contributed by atoms with Gasteiger partial charge in [-0.05, 0) is 43.0 Å². The fourth-order valence-electron chi connectivity index (χ4n) is 2.70. The number of rotatable bonds is 3. The summed E-state index contributed by atoms with van der Waals surface area (Å²) in [5.74, 6) is 0.798. The number of anilines is 1. The summed E-state index contributed by atoms with van der Waals surface area (Å²) in [5, 5.41) is 3.14. The van der Waals surface area contributed by atoms with Crippen LogP contribution < -0.4 is 11.1 Å². The Balaban J connectivity index is 0.00000180. The first-order valence-electron chi connectivity index (χ1n) is 6.85. The van der Waals surface area contributed by atoms with E-state index in [-0.39, 0.29) is 18.3 Å². The highest BCUT2D eigenvalue weighted by atomic mass is 35.5. The van der Waals surface area contributed by atoms with Crippen LogP contribution in [-0.2, 0) is 0 Å². The molecule has 2 rings (SSSR count). The minimum atomic E-state index is 0. The molecule has 4 heteroatoms. The molecule has 1 fully saturated rings. The molecule has 1 aliphatic carbocycles. The topological polar surface area (TPSA) is 55.1 Å². The lowest BCUT2D eigenvalue weighted by Crippen LogP contribution is -2.38. The number of nitrogen functional groups attached to an aromatic ring is 1. The molecule has 106 valence electrons. The molecule has 2 atom stereocenters. The number of hydrogen-bond donors (Lipinski definition) is 2. The average Bonchev–Trinajstić information content (AvgIpc) is 2.39. The van der Waals surface area contributed by atoms with Crippen molar-refractivity contribution in [3.05, 3.63) is 29.8 Å². The van der Waals surface area contributed by atoms with E-state index in [0.29, 0.717) is 17.3 Å². The number of amides is 1. The molecule has 1 aromatic carbocycles. The Hall–Kier alpha value is -1.22. The summed E-state index contributed by atoms with van der Waals surface area (Å²) < 4.78 is 0. The summed E-state index contributed by atoms with van der Waals surface area (Å²) in [6.45, 7) is 2.23. The minimum absolute atomic E-state index is 0. The molecule has 1 aliphatic rings. The second kappa shape index (κ2) is 7.39. The van der Waals surface area contributed by atoms with Gasteiger partial charge in [0, 0.05) is 17.3 Å². The van der Waals surface area contributed by atoms with Crippen molar-refractivity contribution in [2.24, 2.45) is 5.92 Å². The van der Waals surface area contributed by atoms with Crippen molar-refractivity contribution >= 4 is 24.0 Å². The van der Waals surface area contributed by atoms with Crippen LogP contribution in [0.3, 0.4) is 0 Å². The third kappa shape index (κ3) is 4.43. The third-order valence-electron chi connectivity index (χ3n) is 3.87. The molecular formula is C15H23ClN2O. The standard InChI is InChI=1S/C15H22N2O.ClH/c1-2-11-4-3-5-14(10-11)17-15(18)12-6-8-13(16)9-7-12;/h6-9,11,14H,2-5,10,16H2,1H3,(H,17,18);1H. The van der Waals surface area contributed by atoms with Gasteiger partial charge >= 0.3 is 0 Å². The van der Waals surface area contributed by atoms with Crippen LogP contribution >= 0.6 is 12.4 Å². The first-order valence-corrected chi connectivity index (χ1v) is 6.85. The van der Waals surface area contributed by atoms with E-state index in [4.69, 9.17) is 5.73 Å². The normalized spacial score (nSPS) is 22.4. The molecule has 1 amide bonds. The van der Waals surface area contributed by atoms with Crippen molar-refractivity contribution in [1.82, 2.24) is 5.32 Å². The summed E-state index contributed by atoms with van der Waals surface area (Å²) in [6, 6.07) is 7.44. The van der Waals surface area contributed by atoms with E-state index in [1.807, 2.05) is 0 Å². The van der Waals surface area contributed by atoms with Gasteiger partial charge in [0.15, 0.2) is 0 Å². The number of halogens is 1. The molecule has 0 bridgehead atoms. The van der Waals surface area contributed by atoms with Gasteiger partial charge in [0.25, 0.3) is 5.91 Å². The lowest BCUT2D eigenvalue weighted by atomic mass is 9.84. The van der Waals surface area contributed by atoms with Crippen LogP contribution in [0.4, 0.5) is 5.69 Å². The summed E-state index contributed by atoms with van der Waals surface area (Å²) in [6.07, 6.45) is 5.98. The van der Waals surface area contributed by atoms with Crippen molar-refractivity contribution < 1.29 is 4.79 Å². The predicted octanol–water partition coefficient (Wildman–Crippen LogP) is 3.39. The summed E-state index contributed by atoms with van der Waals surface area (Å²) in [5.41, 5.74) is 7.00. The Kier molecular flexibility index (Phi) is 6.16. The zero-order chi connectivity index (χ0) is 13.0. The minimum Gasteiger partial charge on any atom is -0.399 e. The predicted molar refractivity (Wildman–Crippen MR) is 81.6 cm³/mol. The lowest BCUT2D eigenvalue weighted by molar-refractivity contribution is 0.0919. The number of hydrogen-bond acceptors (Lipinski definition) is 2. The largest absolute Gasteiger partial charge is 0.399 e. The smallest absolute Gasteiger partial charge is 0.251 e. The maximum absolute atomic E-state index is 12.1. The van der Waals surface area contributed by atoms with Crippen LogP contribution in [0.2, 0.25) is 0 Å². The van der Waals surface area contributed by atoms with Crippen molar-refractivity contribution in [2.45, 2.75) is 45.1 Å². The molecule has 0 radical (unpaired) electrons. The van der Waals surface area contributed by atoms with Crippen LogP contribution in [-0.4, -0.2) is 11.9 Å². The van der Waals surface area contributed by atoms with Crippen molar-refractivity contribution in [2.75, 3.05) is 5.73 Å². The van der Waals surface area contributed by atoms with Crippen LogP contribution in [0.1, 0.15) is 49.4 Å². The van der Waals surface area contributed by atoms with E-state index in [0.717, 1.165) is 18.8 Å². The van der Waals surface area contributed by atoms with Gasteiger partial charge in [0.1, 0.15) is 0 Å². The summed E-state index contributed by atoms with van der Waals surface area (Å²) in [4.78, 5) is 12.1. The van der Waals surface area contributed by atoms with Gasteiger partial charge in [-0.15, -0.1) is 12.4 Å². The number of nitrogens with two attached hydrogens (primary N) is 1. The molecule has 1 aromatic rings. The molecule has 0 spiro atoms. The van der Waals surface area contributed by atoms with Crippen LogP contribution in [0, 0.1) is 5.92 Å². The number of carbonyl (C=O) groups is 1. The molecule has 1 saturated carbocycles.